The monoisotopic (exact) mass is 209 g/mol. The van der Waals surface area contributed by atoms with E-state index in [0.29, 0.717) is 18.7 Å². The van der Waals surface area contributed by atoms with Crippen LogP contribution in [-0.2, 0) is 16.6 Å². The van der Waals surface area contributed by atoms with Gasteiger partial charge in [0.1, 0.15) is 0 Å². The van der Waals surface area contributed by atoms with E-state index < -0.39 is 0 Å². The molecule has 1 rings (SSSR count). The highest BCUT2D eigenvalue weighted by molar-refractivity contribution is 5.88. The third-order valence-corrected chi connectivity index (χ3v) is 1.77. The molecule has 5 nitrogen and oxygen atoms in total. The summed E-state index contributed by atoms with van der Waals surface area (Å²) in [5.74, 6) is -0.367. The van der Waals surface area contributed by atoms with Gasteiger partial charge in [-0.3, -0.25) is 4.68 Å². The van der Waals surface area contributed by atoms with Crippen LogP contribution in [0.2, 0.25) is 0 Å². The summed E-state index contributed by atoms with van der Waals surface area (Å²) in [5, 5.41) is 7.00. The summed E-state index contributed by atoms with van der Waals surface area (Å²) in [4.78, 5) is 11.2. The van der Waals surface area contributed by atoms with Gasteiger partial charge in [-0.15, -0.1) is 0 Å². The van der Waals surface area contributed by atoms with Gasteiger partial charge in [0.2, 0.25) is 0 Å². The second kappa shape index (κ2) is 5.19. The van der Waals surface area contributed by atoms with Crippen molar-refractivity contribution in [2.75, 3.05) is 18.5 Å². The summed E-state index contributed by atoms with van der Waals surface area (Å²) in [5.41, 5.74) is 1.25. The van der Waals surface area contributed by atoms with Crippen LogP contribution in [0.4, 0.5) is 5.69 Å². The summed E-state index contributed by atoms with van der Waals surface area (Å²) in [6, 6.07) is 0. The van der Waals surface area contributed by atoms with Crippen molar-refractivity contribution < 1.29 is 9.53 Å². The number of hydrogen-bond donors (Lipinski definition) is 1. The highest BCUT2D eigenvalue weighted by Gasteiger charge is 2.07. The minimum Gasteiger partial charge on any atom is -0.463 e. The Labute approximate surface area is 88.7 Å². The largest absolute Gasteiger partial charge is 0.463 e. The fourth-order valence-electron chi connectivity index (χ4n) is 1.03. The highest BCUT2D eigenvalue weighted by Crippen LogP contribution is 2.04. The molecule has 1 aromatic rings. The Kier molecular flexibility index (Phi) is 3.91. The minimum atomic E-state index is -0.367. The lowest BCUT2D eigenvalue weighted by Crippen LogP contribution is -2.14. The first-order valence-electron chi connectivity index (χ1n) is 4.71. The average molecular weight is 209 g/mol. The summed E-state index contributed by atoms with van der Waals surface area (Å²) in [6.45, 7) is 6.13. The molecule has 0 spiro atoms. The molecule has 82 valence electrons. The van der Waals surface area contributed by atoms with Crippen molar-refractivity contribution in [1.29, 1.82) is 0 Å². The quantitative estimate of drug-likeness (QED) is 0.579. The molecule has 0 aliphatic carbocycles. The molecule has 0 amide bonds. The number of aromatic nitrogens is 2. The predicted octanol–water partition coefficient (Wildman–Crippen LogP) is 0.951. The number of ether oxygens (including phenoxy) is 1. The van der Waals surface area contributed by atoms with Gasteiger partial charge in [-0.05, 0) is 6.92 Å². The Hall–Kier alpha value is -1.78. The van der Waals surface area contributed by atoms with Crippen LogP contribution in [0.5, 0.6) is 0 Å². The van der Waals surface area contributed by atoms with Gasteiger partial charge in [0.05, 0.1) is 18.5 Å². The Morgan fingerprint density at radius 3 is 3.00 bits per heavy atom. The van der Waals surface area contributed by atoms with Crippen LogP contribution < -0.4 is 5.32 Å². The molecule has 0 unspecified atom stereocenters. The molecule has 5 heteroatoms. The number of anilines is 1. The lowest BCUT2D eigenvalue weighted by Gasteiger charge is -2.05. The molecule has 0 saturated carbocycles. The van der Waals surface area contributed by atoms with E-state index in [1.807, 2.05) is 13.2 Å². The molecule has 0 atom stereocenters. The lowest BCUT2D eigenvalue weighted by atomic mass is 10.3. The van der Waals surface area contributed by atoms with Crippen LogP contribution in [0.15, 0.2) is 24.5 Å². The number of rotatable bonds is 5. The minimum absolute atomic E-state index is 0.366. The van der Waals surface area contributed by atoms with Gasteiger partial charge in [0.25, 0.3) is 0 Å². The van der Waals surface area contributed by atoms with Gasteiger partial charge < -0.3 is 10.1 Å². The maximum atomic E-state index is 11.2. The normalized spacial score (nSPS) is 9.73. The van der Waals surface area contributed by atoms with Crippen molar-refractivity contribution in [3.8, 4) is 0 Å². The second-order valence-electron chi connectivity index (χ2n) is 3.08. The molecular weight excluding hydrogens is 194 g/mol. The fourth-order valence-corrected chi connectivity index (χ4v) is 1.03. The summed E-state index contributed by atoms with van der Waals surface area (Å²) >= 11 is 0. The van der Waals surface area contributed by atoms with Crippen molar-refractivity contribution in [1.82, 2.24) is 9.78 Å². The number of esters is 1. The summed E-state index contributed by atoms with van der Waals surface area (Å²) in [6.07, 6.45) is 3.50. The van der Waals surface area contributed by atoms with Crippen LogP contribution in [0.25, 0.3) is 0 Å². The van der Waals surface area contributed by atoms with E-state index in [2.05, 4.69) is 17.0 Å². The fraction of sp³-hybridized carbons (Fsp3) is 0.400. The van der Waals surface area contributed by atoms with E-state index in [0.717, 1.165) is 5.69 Å². The Balaban J connectivity index is 2.37. The molecule has 0 bridgehead atoms. The van der Waals surface area contributed by atoms with Gasteiger partial charge in [0.15, 0.2) is 0 Å². The Morgan fingerprint density at radius 1 is 1.73 bits per heavy atom. The van der Waals surface area contributed by atoms with Crippen molar-refractivity contribution in [3.05, 3.63) is 24.5 Å². The van der Waals surface area contributed by atoms with E-state index in [1.165, 1.54) is 0 Å². The van der Waals surface area contributed by atoms with Crippen LogP contribution in [0.3, 0.4) is 0 Å². The van der Waals surface area contributed by atoms with E-state index in [9.17, 15) is 4.79 Å². The predicted molar refractivity (Wildman–Crippen MR) is 57.5 cm³/mol. The van der Waals surface area contributed by atoms with Gasteiger partial charge in [-0.2, -0.15) is 5.10 Å². The summed E-state index contributed by atoms with van der Waals surface area (Å²) in [7, 11) is 1.82. The number of hydrogen-bond acceptors (Lipinski definition) is 4. The molecule has 1 heterocycles. The Morgan fingerprint density at radius 2 is 2.47 bits per heavy atom. The first-order valence-corrected chi connectivity index (χ1v) is 4.71. The average Bonchev–Trinajstić information content (AvgIpc) is 2.61. The van der Waals surface area contributed by atoms with Crippen LogP contribution >= 0.6 is 0 Å². The maximum absolute atomic E-state index is 11.2. The first-order chi connectivity index (χ1) is 7.13. The molecule has 1 aromatic heterocycles. The van der Waals surface area contributed by atoms with Gasteiger partial charge in [-0.25, -0.2) is 4.79 Å². The second-order valence-corrected chi connectivity index (χ2v) is 3.08. The molecule has 0 aliphatic rings. The Bertz CT molecular complexity index is 357. The third kappa shape index (κ3) is 3.46. The molecule has 0 aromatic carbocycles. The third-order valence-electron chi connectivity index (χ3n) is 1.77. The molecule has 0 radical (unpaired) electrons. The van der Waals surface area contributed by atoms with Gasteiger partial charge >= 0.3 is 5.97 Å². The first kappa shape index (κ1) is 11.3. The van der Waals surface area contributed by atoms with Crippen molar-refractivity contribution in [2.45, 2.75) is 6.92 Å². The number of nitrogens with one attached hydrogen (secondary N) is 1. The lowest BCUT2D eigenvalue weighted by molar-refractivity contribution is -0.138. The maximum Gasteiger partial charge on any atom is 0.335 e. The molecule has 0 saturated heterocycles. The zero-order chi connectivity index (χ0) is 11.3. The zero-order valence-corrected chi connectivity index (χ0v) is 8.99. The standard InChI is InChI=1S/C10H15N3O2/c1-4-15-10(14)8(2)5-11-9-6-12-13(3)7-9/h6-7,11H,2,4-5H2,1,3H3. The van der Waals surface area contributed by atoms with E-state index in [4.69, 9.17) is 4.74 Å². The van der Waals surface area contributed by atoms with E-state index in [1.54, 1.807) is 17.8 Å². The molecule has 0 aliphatic heterocycles. The number of aryl methyl sites for hydroxylation is 1. The molecular formula is C10H15N3O2. The molecule has 0 fully saturated rings. The number of nitrogens with zero attached hydrogens (tertiary/aromatic N) is 2. The van der Waals surface area contributed by atoms with Gasteiger partial charge in [0, 0.05) is 25.4 Å². The molecule has 15 heavy (non-hydrogen) atoms. The van der Waals surface area contributed by atoms with Gasteiger partial charge in [-0.1, -0.05) is 6.58 Å². The number of carbonyl (C=O) groups is 1. The number of carbonyl (C=O) groups excluding carboxylic acids is 1. The van der Waals surface area contributed by atoms with Crippen molar-refractivity contribution in [3.63, 3.8) is 0 Å². The smallest absolute Gasteiger partial charge is 0.335 e. The topological polar surface area (TPSA) is 56.2 Å². The van der Waals surface area contributed by atoms with Crippen molar-refractivity contribution >= 4 is 11.7 Å². The van der Waals surface area contributed by atoms with Crippen LogP contribution in [0, 0.1) is 0 Å². The van der Waals surface area contributed by atoms with Crippen LogP contribution in [0.1, 0.15) is 6.92 Å². The van der Waals surface area contributed by atoms with E-state index in [-0.39, 0.29) is 5.97 Å². The van der Waals surface area contributed by atoms with E-state index >= 15 is 0 Å². The highest BCUT2D eigenvalue weighted by atomic mass is 16.5. The van der Waals surface area contributed by atoms with Crippen molar-refractivity contribution in [2.24, 2.45) is 7.05 Å². The summed E-state index contributed by atoms with van der Waals surface area (Å²) < 4.78 is 6.47. The van der Waals surface area contributed by atoms with Crippen LogP contribution in [-0.4, -0.2) is 28.9 Å². The zero-order valence-electron chi connectivity index (χ0n) is 8.99. The SMILES string of the molecule is C=C(CNc1cnn(C)c1)C(=O)OCC. The molecule has 1 N–H and O–H groups in total.